The molecule has 4 rings (SSSR count). The standard InChI is InChI=1S/C24H21NO6/c1-13-5-4-6-18(14(13)2)25-22(27)12-30-16-10-19(26)23-21(11-16)31-20-8-7-15(29-3)9-17(20)24(23)28/h4-11,26H,12H2,1-3H3,(H,25,27). The summed E-state index contributed by atoms with van der Waals surface area (Å²) in [5, 5.41) is 13.6. The number of amides is 1. The minimum atomic E-state index is -0.383. The Kier molecular flexibility index (Phi) is 5.25. The first-order valence-electron chi connectivity index (χ1n) is 9.64. The zero-order valence-electron chi connectivity index (χ0n) is 17.3. The van der Waals surface area contributed by atoms with Crippen molar-refractivity contribution in [3.05, 3.63) is 69.9 Å². The molecule has 1 amide bonds. The van der Waals surface area contributed by atoms with Gasteiger partial charge in [-0.05, 0) is 49.2 Å². The van der Waals surface area contributed by atoms with Crippen molar-refractivity contribution >= 4 is 33.5 Å². The summed E-state index contributed by atoms with van der Waals surface area (Å²) in [5.41, 5.74) is 2.88. The van der Waals surface area contributed by atoms with Crippen LogP contribution in [0.5, 0.6) is 17.2 Å². The van der Waals surface area contributed by atoms with E-state index >= 15 is 0 Å². The van der Waals surface area contributed by atoms with Gasteiger partial charge in [-0.2, -0.15) is 0 Å². The number of carbonyl (C=O) groups is 1. The molecule has 0 radical (unpaired) electrons. The van der Waals surface area contributed by atoms with Gasteiger partial charge < -0.3 is 24.3 Å². The molecule has 0 aliphatic heterocycles. The van der Waals surface area contributed by atoms with Crippen LogP contribution in [-0.2, 0) is 4.79 Å². The normalized spacial score (nSPS) is 10.9. The van der Waals surface area contributed by atoms with Gasteiger partial charge in [0.05, 0.1) is 12.5 Å². The van der Waals surface area contributed by atoms with Crippen molar-refractivity contribution in [3.63, 3.8) is 0 Å². The van der Waals surface area contributed by atoms with Crippen molar-refractivity contribution in [3.8, 4) is 17.2 Å². The third-order valence-electron chi connectivity index (χ3n) is 5.18. The fraction of sp³-hybridized carbons (Fsp3) is 0.167. The maximum absolute atomic E-state index is 12.8. The Morgan fingerprint density at radius 2 is 1.87 bits per heavy atom. The number of aromatic hydroxyl groups is 1. The predicted octanol–water partition coefficient (Wildman–Crippen LogP) is 4.29. The van der Waals surface area contributed by atoms with Crippen LogP contribution in [0.25, 0.3) is 21.9 Å². The van der Waals surface area contributed by atoms with Crippen molar-refractivity contribution in [2.75, 3.05) is 19.0 Å². The van der Waals surface area contributed by atoms with Crippen molar-refractivity contribution < 1.29 is 23.8 Å². The summed E-state index contributed by atoms with van der Waals surface area (Å²) in [4.78, 5) is 25.1. The number of hydrogen-bond acceptors (Lipinski definition) is 6. The van der Waals surface area contributed by atoms with E-state index in [1.807, 2.05) is 32.0 Å². The van der Waals surface area contributed by atoms with E-state index in [4.69, 9.17) is 13.9 Å². The number of fused-ring (bicyclic) bond motifs is 2. The number of nitrogens with one attached hydrogen (secondary N) is 1. The Morgan fingerprint density at radius 1 is 1.06 bits per heavy atom. The molecule has 0 unspecified atom stereocenters. The first-order valence-corrected chi connectivity index (χ1v) is 9.64. The van der Waals surface area contributed by atoms with Gasteiger partial charge in [-0.15, -0.1) is 0 Å². The predicted molar refractivity (Wildman–Crippen MR) is 118 cm³/mol. The molecule has 1 aromatic heterocycles. The number of hydrogen-bond donors (Lipinski definition) is 2. The minimum Gasteiger partial charge on any atom is -0.507 e. The Bertz CT molecular complexity index is 1370. The number of ether oxygens (including phenoxy) is 2. The number of rotatable bonds is 5. The van der Waals surface area contributed by atoms with E-state index in [9.17, 15) is 14.7 Å². The maximum Gasteiger partial charge on any atom is 0.262 e. The van der Waals surface area contributed by atoms with Gasteiger partial charge in [0.2, 0.25) is 5.43 Å². The molecule has 1 heterocycles. The minimum absolute atomic E-state index is 0.0351. The number of anilines is 1. The van der Waals surface area contributed by atoms with E-state index in [2.05, 4.69) is 5.32 Å². The van der Waals surface area contributed by atoms with E-state index in [0.29, 0.717) is 22.4 Å². The van der Waals surface area contributed by atoms with Gasteiger partial charge in [0, 0.05) is 17.8 Å². The van der Waals surface area contributed by atoms with Crippen LogP contribution >= 0.6 is 0 Å². The summed E-state index contributed by atoms with van der Waals surface area (Å²) in [5.74, 6) is 0.0758. The highest BCUT2D eigenvalue weighted by Crippen LogP contribution is 2.31. The van der Waals surface area contributed by atoms with Crippen molar-refractivity contribution in [1.82, 2.24) is 0 Å². The maximum atomic E-state index is 12.8. The highest BCUT2D eigenvalue weighted by atomic mass is 16.5. The lowest BCUT2D eigenvalue weighted by Crippen LogP contribution is -2.20. The van der Waals surface area contributed by atoms with Crippen LogP contribution in [-0.4, -0.2) is 24.7 Å². The smallest absolute Gasteiger partial charge is 0.262 e. The van der Waals surface area contributed by atoms with Crippen molar-refractivity contribution in [2.24, 2.45) is 0 Å². The van der Waals surface area contributed by atoms with Crippen LogP contribution in [0.15, 0.2) is 57.7 Å². The molecule has 0 saturated heterocycles. The molecule has 31 heavy (non-hydrogen) atoms. The molecule has 7 heteroatoms. The Hall–Kier alpha value is -4.00. The average Bonchev–Trinajstić information content (AvgIpc) is 2.75. The molecule has 3 aromatic carbocycles. The fourth-order valence-electron chi connectivity index (χ4n) is 3.35. The number of benzene rings is 3. The van der Waals surface area contributed by atoms with Gasteiger partial charge in [-0.1, -0.05) is 12.1 Å². The average molecular weight is 419 g/mol. The monoisotopic (exact) mass is 419 g/mol. The molecule has 0 saturated carbocycles. The molecule has 4 aromatic rings. The SMILES string of the molecule is COc1ccc2oc3cc(OCC(=O)Nc4cccc(C)c4C)cc(O)c3c(=O)c2c1. The molecule has 0 aliphatic rings. The summed E-state index contributed by atoms with van der Waals surface area (Å²) in [6.45, 7) is 3.62. The quantitative estimate of drug-likeness (QED) is 0.468. The zero-order valence-corrected chi connectivity index (χ0v) is 17.3. The number of aryl methyl sites for hydroxylation is 1. The number of methoxy groups -OCH3 is 1. The van der Waals surface area contributed by atoms with Crippen molar-refractivity contribution in [1.29, 1.82) is 0 Å². The van der Waals surface area contributed by atoms with Crippen LogP contribution in [0.1, 0.15) is 11.1 Å². The lowest BCUT2D eigenvalue weighted by molar-refractivity contribution is -0.118. The van der Waals surface area contributed by atoms with Gasteiger partial charge in [-0.3, -0.25) is 9.59 Å². The molecular formula is C24H21NO6. The van der Waals surface area contributed by atoms with E-state index in [-0.39, 0.29) is 40.4 Å². The van der Waals surface area contributed by atoms with Crippen LogP contribution in [0.4, 0.5) is 5.69 Å². The van der Waals surface area contributed by atoms with E-state index in [1.54, 1.807) is 18.2 Å². The Morgan fingerprint density at radius 3 is 2.65 bits per heavy atom. The number of phenolic OH excluding ortho intramolecular Hbond substituents is 1. The molecule has 7 nitrogen and oxygen atoms in total. The summed E-state index contributed by atoms with van der Waals surface area (Å²) in [7, 11) is 1.50. The molecule has 0 spiro atoms. The molecular weight excluding hydrogens is 398 g/mol. The van der Waals surface area contributed by atoms with E-state index in [1.165, 1.54) is 19.2 Å². The molecule has 158 valence electrons. The van der Waals surface area contributed by atoms with Gasteiger partial charge in [0.1, 0.15) is 33.8 Å². The summed E-state index contributed by atoms with van der Waals surface area (Å²) in [6, 6.07) is 13.3. The van der Waals surface area contributed by atoms with Gasteiger partial charge in [-0.25, -0.2) is 0 Å². The highest BCUT2D eigenvalue weighted by molar-refractivity contribution is 5.95. The van der Waals surface area contributed by atoms with E-state index < -0.39 is 0 Å². The fourth-order valence-corrected chi connectivity index (χ4v) is 3.35. The lowest BCUT2D eigenvalue weighted by atomic mass is 10.1. The van der Waals surface area contributed by atoms with E-state index in [0.717, 1.165) is 11.1 Å². The summed E-state index contributed by atoms with van der Waals surface area (Å²) in [6.07, 6.45) is 0. The van der Waals surface area contributed by atoms with Gasteiger partial charge in [0.15, 0.2) is 6.61 Å². The summed E-state index contributed by atoms with van der Waals surface area (Å²) < 4.78 is 16.5. The second-order valence-electron chi connectivity index (χ2n) is 7.19. The first kappa shape index (κ1) is 20.3. The Labute approximate surface area is 177 Å². The van der Waals surface area contributed by atoms with Gasteiger partial charge >= 0.3 is 0 Å². The topological polar surface area (TPSA) is 98.0 Å². The number of carbonyl (C=O) groups excluding carboxylic acids is 1. The largest absolute Gasteiger partial charge is 0.507 e. The van der Waals surface area contributed by atoms with Crippen LogP contribution < -0.4 is 20.2 Å². The lowest BCUT2D eigenvalue weighted by Gasteiger charge is -2.12. The second kappa shape index (κ2) is 8.02. The third-order valence-corrected chi connectivity index (χ3v) is 5.18. The first-order chi connectivity index (χ1) is 14.9. The zero-order chi connectivity index (χ0) is 22.1. The van der Waals surface area contributed by atoms with Crippen LogP contribution in [0.3, 0.4) is 0 Å². The molecule has 0 aliphatic carbocycles. The van der Waals surface area contributed by atoms with Crippen molar-refractivity contribution in [2.45, 2.75) is 13.8 Å². The third kappa shape index (κ3) is 3.90. The molecule has 2 N–H and O–H groups in total. The molecule has 0 atom stereocenters. The number of phenols is 1. The molecule has 0 bridgehead atoms. The second-order valence-corrected chi connectivity index (χ2v) is 7.19. The van der Waals surface area contributed by atoms with Gasteiger partial charge in [0.25, 0.3) is 5.91 Å². The Balaban J connectivity index is 1.60. The molecule has 0 fully saturated rings. The highest BCUT2D eigenvalue weighted by Gasteiger charge is 2.15. The van der Waals surface area contributed by atoms with Crippen LogP contribution in [0, 0.1) is 13.8 Å². The van der Waals surface area contributed by atoms with Crippen LogP contribution in [0.2, 0.25) is 0 Å². The summed E-state index contributed by atoms with van der Waals surface area (Å²) >= 11 is 0.